The van der Waals surface area contributed by atoms with Gasteiger partial charge in [0.05, 0.1) is 12.5 Å². The molecule has 0 spiro atoms. The summed E-state index contributed by atoms with van der Waals surface area (Å²) in [5, 5.41) is 11.3. The van der Waals surface area contributed by atoms with Crippen LogP contribution in [0.3, 0.4) is 0 Å². The zero-order valence-electron chi connectivity index (χ0n) is 12.6. The minimum absolute atomic E-state index is 0.128. The average Bonchev–Trinajstić information content (AvgIpc) is 2.28. The highest BCUT2D eigenvalue weighted by molar-refractivity contribution is 5.72. The quantitative estimate of drug-likeness (QED) is 0.895. The molecule has 0 aliphatic carbocycles. The van der Waals surface area contributed by atoms with Gasteiger partial charge in [-0.05, 0) is 33.3 Å². The normalized spacial score (nSPS) is 12.6. The molecular formula is C15H20FNO4. The van der Waals surface area contributed by atoms with E-state index in [2.05, 4.69) is 5.32 Å². The van der Waals surface area contributed by atoms with Crippen molar-refractivity contribution in [1.29, 1.82) is 0 Å². The number of halogens is 1. The molecule has 0 aliphatic rings. The molecule has 0 saturated carbocycles. The number of hydrogen-bond acceptors (Lipinski definition) is 3. The lowest BCUT2D eigenvalue weighted by Gasteiger charge is -2.23. The van der Waals surface area contributed by atoms with Gasteiger partial charge >= 0.3 is 12.1 Å². The van der Waals surface area contributed by atoms with E-state index in [1.165, 1.54) is 6.07 Å². The standard InChI is InChI=1S/C15H20FNO4/c1-9-6-5-7-10(13(9)16)11(8-12(18)19)17-14(20)21-15(2,3)4/h5-7,11H,8H2,1-4H3,(H,17,20)(H,18,19)/t11-/m1/s1. The van der Waals surface area contributed by atoms with E-state index in [0.717, 1.165) is 0 Å². The lowest BCUT2D eigenvalue weighted by Crippen LogP contribution is -2.36. The van der Waals surface area contributed by atoms with Gasteiger partial charge in [-0.25, -0.2) is 9.18 Å². The molecule has 0 aromatic heterocycles. The van der Waals surface area contributed by atoms with E-state index in [9.17, 15) is 14.0 Å². The first kappa shape index (κ1) is 16.9. The summed E-state index contributed by atoms with van der Waals surface area (Å²) in [7, 11) is 0. The number of carbonyl (C=O) groups is 2. The van der Waals surface area contributed by atoms with Crippen LogP contribution in [0.2, 0.25) is 0 Å². The predicted octanol–water partition coefficient (Wildman–Crippen LogP) is 3.17. The Labute approximate surface area is 123 Å². The lowest BCUT2D eigenvalue weighted by atomic mass is 10.0. The summed E-state index contributed by atoms with van der Waals surface area (Å²) in [5.41, 5.74) is -0.208. The van der Waals surface area contributed by atoms with Crippen LogP contribution in [0.25, 0.3) is 0 Å². The molecule has 1 aromatic carbocycles. The Morgan fingerprint density at radius 3 is 2.52 bits per heavy atom. The first-order chi connectivity index (χ1) is 9.60. The highest BCUT2D eigenvalue weighted by Crippen LogP contribution is 2.23. The number of hydrogen-bond donors (Lipinski definition) is 2. The van der Waals surface area contributed by atoms with Crippen LogP contribution in [0, 0.1) is 12.7 Å². The van der Waals surface area contributed by atoms with Crippen molar-refractivity contribution in [3.05, 3.63) is 35.1 Å². The summed E-state index contributed by atoms with van der Waals surface area (Å²) >= 11 is 0. The van der Waals surface area contributed by atoms with E-state index in [-0.39, 0.29) is 5.56 Å². The molecule has 1 rings (SSSR count). The van der Waals surface area contributed by atoms with E-state index >= 15 is 0 Å². The van der Waals surface area contributed by atoms with Crippen molar-refractivity contribution in [1.82, 2.24) is 5.32 Å². The van der Waals surface area contributed by atoms with Crippen LogP contribution in [0.4, 0.5) is 9.18 Å². The Balaban J connectivity index is 2.98. The number of alkyl carbamates (subject to hydrolysis) is 1. The Morgan fingerprint density at radius 1 is 1.38 bits per heavy atom. The molecular weight excluding hydrogens is 277 g/mol. The molecule has 1 aromatic rings. The molecule has 0 aliphatic heterocycles. The highest BCUT2D eigenvalue weighted by Gasteiger charge is 2.24. The van der Waals surface area contributed by atoms with Gasteiger partial charge in [-0.1, -0.05) is 18.2 Å². The molecule has 0 radical (unpaired) electrons. The molecule has 1 atom stereocenters. The SMILES string of the molecule is Cc1cccc([C@@H](CC(=O)O)NC(=O)OC(C)(C)C)c1F. The number of carbonyl (C=O) groups excluding carboxylic acids is 1. The van der Waals surface area contributed by atoms with Gasteiger partial charge in [0, 0.05) is 5.56 Å². The summed E-state index contributed by atoms with van der Waals surface area (Å²) < 4.78 is 19.2. The van der Waals surface area contributed by atoms with Gasteiger partial charge in [0.2, 0.25) is 0 Å². The molecule has 1 amide bonds. The second kappa shape index (κ2) is 6.56. The molecule has 0 saturated heterocycles. The third-order valence-corrected chi connectivity index (χ3v) is 2.67. The highest BCUT2D eigenvalue weighted by atomic mass is 19.1. The molecule has 0 heterocycles. The summed E-state index contributed by atoms with van der Waals surface area (Å²) in [6.45, 7) is 6.63. The minimum atomic E-state index is -1.14. The van der Waals surface area contributed by atoms with Crippen molar-refractivity contribution < 1.29 is 23.8 Å². The predicted molar refractivity (Wildman–Crippen MR) is 75.5 cm³/mol. The topological polar surface area (TPSA) is 75.6 Å². The van der Waals surface area contributed by atoms with Crippen LogP contribution in [0.5, 0.6) is 0 Å². The largest absolute Gasteiger partial charge is 0.481 e. The number of nitrogens with one attached hydrogen (secondary N) is 1. The van der Waals surface area contributed by atoms with Crippen LogP contribution in [0.15, 0.2) is 18.2 Å². The molecule has 0 bridgehead atoms. The van der Waals surface area contributed by atoms with Gasteiger partial charge in [-0.2, -0.15) is 0 Å². The Kier molecular flexibility index (Phi) is 5.29. The third kappa shape index (κ3) is 5.41. The van der Waals surface area contributed by atoms with Gasteiger partial charge in [-0.15, -0.1) is 0 Å². The van der Waals surface area contributed by atoms with Crippen molar-refractivity contribution in [3.8, 4) is 0 Å². The number of carboxylic acid groups (broad SMARTS) is 1. The zero-order chi connectivity index (χ0) is 16.2. The Bertz CT molecular complexity index is 537. The second-order valence-corrected chi connectivity index (χ2v) is 5.77. The summed E-state index contributed by atoms with van der Waals surface area (Å²) in [4.78, 5) is 22.7. The van der Waals surface area contributed by atoms with E-state index in [1.807, 2.05) is 0 Å². The maximum atomic E-state index is 14.1. The number of aliphatic carboxylic acids is 1. The van der Waals surface area contributed by atoms with Crippen molar-refractivity contribution in [3.63, 3.8) is 0 Å². The van der Waals surface area contributed by atoms with Gasteiger partial charge in [0.15, 0.2) is 0 Å². The van der Waals surface area contributed by atoms with E-state index in [4.69, 9.17) is 9.84 Å². The monoisotopic (exact) mass is 297 g/mol. The van der Waals surface area contributed by atoms with E-state index in [0.29, 0.717) is 5.56 Å². The first-order valence-corrected chi connectivity index (χ1v) is 6.56. The Morgan fingerprint density at radius 2 is 2.00 bits per heavy atom. The zero-order valence-corrected chi connectivity index (χ0v) is 12.6. The van der Waals surface area contributed by atoms with E-state index < -0.39 is 35.9 Å². The molecule has 5 nitrogen and oxygen atoms in total. The number of benzene rings is 1. The number of amides is 1. The van der Waals surface area contributed by atoms with Gasteiger partial charge < -0.3 is 15.2 Å². The van der Waals surface area contributed by atoms with Crippen LogP contribution in [0.1, 0.15) is 44.4 Å². The van der Waals surface area contributed by atoms with Crippen molar-refractivity contribution >= 4 is 12.1 Å². The number of rotatable bonds is 4. The Hall–Kier alpha value is -2.11. The summed E-state index contributed by atoms with van der Waals surface area (Å²) in [6, 6.07) is 3.65. The fourth-order valence-corrected chi connectivity index (χ4v) is 1.80. The second-order valence-electron chi connectivity index (χ2n) is 5.77. The third-order valence-electron chi connectivity index (χ3n) is 2.67. The maximum Gasteiger partial charge on any atom is 0.408 e. The van der Waals surface area contributed by atoms with Crippen molar-refractivity contribution in [2.45, 2.75) is 45.8 Å². The van der Waals surface area contributed by atoms with Crippen LogP contribution in [-0.2, 0) is 9.53 Å². The van der Waals surface area contributed by atoms with Crippen molar-refractivity contribution in [2.75, 3.05) is 0 Å². The molecule has 0 unspecified atom stereocenters. The maximum absolute atomic E-state index is 14.1. The average molecular weight is 297 g/mol. The fourth-order valence-electron chi connectivity index (χ4n) is 1.80. The van der Waals surface area contributed by atoms with E-state index in [1.54, 1.807) is 39.8 Å². The lowest BCUT2D eigenvalue weighted by molar-refractivity contribution is -0.137. The summed E-state index contributed by atoms with van der Waals surface area (Å²) in [6.07, 6.45) is -1.21. The van der Waals surface area contributed by atoms with Gasteiger partial charge in [0.1, 0.15) is 11.4 Å². The van der Waals surface area contributed by atoms with Crippen LogP contribution >= 0.6 is 0 Å². The first-order valence-electron chi connectivity index (χ1n) is 6.56. The van der Waals surface area contributed by atoms with Gasteiger partial charge in [-0.3, -0.25) is 4.79 Å². The molecule has 0 fully saturated rings. The number of carboxylic acids is 1. The summed E-state index contributed by atoms with van der Waals surface area (Å²) in [5.74, 6) is -1.67. The molecule has 6 heteroatoms. The number of ether oxygens (including phenoxy) is 1. The van der Waals surface area contributed by atoms with Gasteiger partial charge in [0.25, 0.3) is 0 Å². The van der Waals surface area contributed by atoms with Crippen molar-refractivity contribution in [2.24, 2.45) is 0 Å². The minimum Gasteiger partial charge on any atom is -0.481 e. The van der Waals surface area contributed by atoms with Crippen LogP contribution in [-0.4, -0.2) is 22.8 Å². The van der Waals surface area contributed by atoms with Crippen LogP contribution < -0.4 is 5.32 Å². The molecule has 116 valence electrons. The molecule has 2 N–H and O–H groups in total. The smallest absolute Gasteiger partial charge is 0.408 e. The fraction of sp³-hybridized carbons (Fsp3) is 0.467. The molecule has 21 heavy (non-hydrogen) atoms. The number of aryl methyl sites for hydroxylation is 1.